The number of hydrogen-bond donors (Lipinski definition) is 2. The van der Waals surface area contributed by atoms with Gasteiger partial charge in [0.1, 0.15) is 0 Å². The molecule has 1 heterocycles. The number of rotatable bonds is 1. The maximum Gasteiger partial charge on any atom is 0.0711 e. The van der Waals surface area contributed by atoms with Gasteiger partial charge in [0.15, 0.2) is 0 Å². The van der Waals surface area contributed by atoms with Gasteiger partial charge in [0.05, 0.1) is 18.3 Å². The number of H-pyrrole nitrogens is 1. The second-order valence-electron chi connectivity index (χ2n) is 2.32. The van der Waals surface area contributed by atoms with Crippen molar-refractivity contribution in [3.05, 3.63) is 30.0 Å². The van der Waals surface area contributed by atoms with Crippen LogP contribution in [0.3, 0.4) is 0 Å². The van der Waals surface area contributed by atoms with E-state index >= 15 is 0 Å². The Morgan fingerprint density at radius 2 is 2.55 bits per heavy atom. The lowest BCUT2D eigenvalue weighted by Gasteiger charge is -1.94. The van der Waals surface area contributed by atoms with Crippen molar-refractivity contribution in [2.24, 2.45) is 0 Å². The van der Waals surface area contributed by atoms with E-state index in [4.69, 9.17) is 5.11 Å². The third-order valence-electron chi connectivity index (χ3n) is 1.65. The Balaban J connectivity index is 2.79. The van der Waals surface area contributed by atoms with Crippen molar-refractivity contribution in [2.75, 3.05) is 0 Å². The van der Waals surface area contributed by atoms with Gasteiger partial charge in [-0.1, -0.05) is 12.1 Å². The van der Waals surface area contributed by atoms with Gasteiger partial charge in [-0.15, -0.1) is 0 Å². The molecule has 0 fully saturated rings. The highest BCUT2D eigenvalue weighted by Crippen LogP contribution is 2.14. The van der Waals surface area contributed by atoms with E-state index in [1.807, 2.05) is 6.07 Å². The van der Waals surface area contributed by atoms with Crippen LogP contribution in [0.5, 0.6) is 0 Å². The van der Waals surface area contributed by atoms with Crippen molar-refractivity contribution < 1.29 is 5.11 Å². The fourth-order valence-electron chi connectivity index (χ4n) is 1.09. The molecule has 2 N–H and O–H groups in total. The van der Waals surface area contributed by atoms with Crippen LogP contribution in [0.2, 0.25) is 0 Å². The Morgan fingerprint density at radius 1 is 1.64 bits per heavy atom. The van der Waals surface area contributed by atoms with E-state index in [1.165, 1.54) is 0 Å². The molecule has 1 aromatic heterocycles. The average Bonchev–Trinajstić information content (AvgIpc) is 2.50. The average molecular weight is 147 g/mol. The molecule has 2 rings (SSSR count). The third kappa shape index (κ3) is 0.897. The molecule has 2 aromatic rings. The van der Waals surface area contributed by atoms with Gasteiger partial charge in [-0.25, -0.2) is 0 Å². The van der Waals surface area contributed by atoms with Gasteiger partial charge in [-0.2, -0.15) is 5.10 Å². The summed E-state index contributed by atoms with van der Waals surface area (Å²) in [7, 11) is 0. The third-order valence-corrected chi connectivity index (χ3v) is 1.65. The summed E-state index contributed by atoms with van der Waals surface area (Å²) in [6.45, 7) is 0.0351. The molecular formula is C8H7N2O. The highest BCUT2D eigenvalue weighted by atomic mass is 16.3. The molecule has 0 spiro atoms. The first kappa shape index (κ1) is 6.37. The maximum atomic E-state index is 8.89. The van der Waals surface area contributed by atoms with Crippen LogP contribution < -0.4 is 0 Å². The molecule has 0 unspecified atom stereocenters. The summed E-state index contributed by atoms with van der Waals surface area (Å²) in [6, 6.07) is 6.60. The number of hydrogen-bond acceptors (Lipinski definition) is 2. The Bertz CT molecular complexity index is 367. The largest absolute Gasteiger partial charge is 0.392 e. The highest BCUT2D eigenvalue weighted by Gasteiger charge is 1.99. The van der Waals surface area contributed by atoms with Crippen LogP contribution in [-0.4, -0.2) is 15.3 Å². The number of nitrogens with one attached hydrogen (secondary N) is 1. The van der Waals surface area contributed by atoms with Crippen LogP contribution in [0.1, 0.15) is 5.56 Å². The zero-order valence-electron chi connectivity index (χ0n) is 5.83. The molecule has 0 aliphatic carbocycles. The van der Waals surface area contributed by atoms with Crippen LogP contribution in [0, 0.1) is 6.07 Å². The number of aliphatic hydroxyl groups is 1. The highest BCUT2D eigenvalue weighted by molar-refractivity contribution is 5.80. The van der Waals surface area contributed by atoms with Crippen molar-refractivity contribution in [1.29, 1.82) is 0 Å². The summed E-state index contributed by atoms with van der Waals surface area (Å²) in [5, 5.41) is 16.4. The first-order valence-corrected chi connectivity index (χ1v) is 3.35. The minimum atomic E-state index is 0.0351. The number of fused-ring (bicyclic) bond motifs is 1. The van der Waals surface area contributed by atoms with Crippen molar-refractivity contribution in [1.82, 2.24) is 10.2 Å². The van der Waals surface area contributed by atoms with Crippen molar-refractivity contribution >= 4 is 10.9 Å². The summed E-state index contributed by atoms with van der Waals surface area (Å²) in [5.74, 6) is 0. The molecule has 1 aromatic carbocycles. The zero-order valence-corrected chi connectivity index (χ0v) is 5.83. The number of aromatic amines is 1. The van der Waals surface area contributed by atoms with Gasteiger partial charge in [0.25, 0.3) is 0 Å². The summed E-state index contributed by atoms with van der Waals surface area (Å²) in [4.78, 5) is 0. The summed E-state index contributed by atoms with van der Waals surface area (Å²) in [6.07, 6.45) is 1.69. The quantitative estimate of drug-likeness (QED) is 0.628. The Labute approximate surface area is 63.7 Å². The summed E-state index contributed by atoms with van der Waals surface area (Å²) >= 11 is 0. The Hall–Kier alpha value is -1.35. The van der Waals surface area contributed by atoms with E-state index in [9.17, 15) is 0 Å². The standard InChI is InChI=1S/C8H7N2O/c11-5-7-3-1-2-6-4-9-10-8(6)7/h1,3-4,11H,5H2,(H,9,10). The first-order valence-electron chi connectivity index (χ1n) is 3.35. The summed E-state index contributed by atoms with van der Waals surface area (Å²) < 4.78 is 0. The van der Waals surface area contributed by atoms with Crippen molar-refractivity contribution in [3.8, 4) is 0 Å². The first-order chi connectivity index (χ1) is 5.42. The number of benzene rings is 1. The smallest absolute Gasteiger partial charge is 0.0711 e. The summed E-state index contributed by atoms with van der Waals surface area (Å²) in [5.41, 5.74) is 1.73. The van der Waals surface area contributed by atoms with Gasteiger partial charge < -0.3 is 5.11 Å². The van der Waals surface area contributed by atoms with Crippen LogP contribution >= 0.6 is 0 Å². The molecule has 0 bridgehead atoms. The minimum Gasteiger partial charge on any atom is -0.392 e. The fourth-order valence-corrected chi connectivity index (χ4v) is 1.09. The molecule has 0 aliphatic rings. The second kappa shape index (κ2) is 2.36. The predicted octanol–water partition coefficient (Wildman–Crippen LogP) is 0.855. The lowest BCUT2D eigenvalue weighted by atomic mass is 10.2. The van der Waals surface area contributed by atoms with Crippen LogP contribution in [-0.2, 0) is 6.61 Å². The second-order valence-corrected chi connectivity index (χ2v) is 2.32. The zero-order chi connectivity index (χ0) is 7.68. The van der Waals surface area contributed by atoms with Crippen LogP contribution in [0.25, 0.3) is 10.9 Å². The van der Waals surface area contributed by atoms with E-state index < -0.39 is 0 Å². The van der Waals surface area contributed by atoms with Gasteiger partial charge in [0, 0.05) is 10.9 Å². The number of aliphatic hydroxyl groups excluding tert-OH is 1. The van der Waals surface area contributed by atoms with Crippen LogP contribution in [0.4, 0.5) is 0 Å². The van der Waals surface area contributed by atoms with Gasteiger partial charge >= 0.3 is 0 Å². The van der Waals surface area contributed by atoms with Gasteiger partial charge in [-0.3, -0.25) is 5.10 Å². The molecule has 11 heavy (non-hydrogen) atoms. The van der Waals surface area contributed by atoms with Crippen molar-refractivity contribution in [2.45, 2.75) is 6.61 Å². The number of nitrogens with zero attached hydrogens (tertiary/aromatic N) is 1. The lowest BCUT2D eigenvalue weighted by Crippen LogP contribution is -1.84. The Morgan fingerprint density at radius 3 is 3.36 bits per heavy atom. The van der Waals surface area contributed by atoms with Gasteiger partial charge in [0.2, 0.25) is 0 Å². The van der Waals surface area contributed by atoms with E-state index in [-0.39, 0.29) is 6.61 Å². The fraction of sp³-hybridized carbons (Fsp3) is 0.125. The van der Waals surface area contributed by atoms with Gasteiger partial charge in [-0.05, 0) is 6.07 Å². The predicted molar refractivity (Wildman–Crippen MR) is 40.9 cm³/mol. The molecule has 0 amide bonds. The number of aromatic nitrogens is 2. The molecule has 0 aliphatic heterocycles. The SMILES string of the molecule is OCc1cc[c]c2cn[nH]c12. The molecule has 1 radical (unpaired) electrons. The van der Waals surface area contributed by atoms with E-state index in [0.717, 1.165) is 16.5 Å². The maximum absolute atomic E-state index is 8.89. The topological polar surface area (TPSA) is 48.9 Å². The molecule has 0 saturated heterocycles. The Kier molecular flexibility index (Phi) is 1.36. The molecule has 3 nitrogen and oxygen atoms in total. The molecular weight excluding hydrogens is 140 g/mol. The minimum absolute atomic E-state index is 0.0351. The van der Waals surface area contributed by atoms with E-state index in [1.54, 1.807) is 12.3 Å². The van der Waals surface area contributed by atoms with Crippen LogP contribution in [0.15, 0.2) is 18.3 Å². The monoisotopic (exact) mass is 147 g/mol. The van der Waals surface area contributed by atoms with E-state index in [0.29, 0.717) is 0 Å². The molecule has 0 saturated carbocycles. The van der Waals surface area contributed by atoms with Crippen molar-refractivity contribution in [3.63, 3.8) is 0 Å². The molecule has 55 valence electrons. The normalized spacial score (nSPS) is 10.6. The molecule has 0 atom stereocenters. The molecule has 3 heteroatoms. The lowest BCUT2D eigenvalue weighted by molar-refractivity contribution is 0.283. The van der Waals surface area contributed by atoms with E-state index in [2.05, 4.69) is 16.3 Å².